The molecular weight excluding hydrogens is 448 g/mol. The first-order chi connectivity index (χ1) is 16.8. The first-order valence-corrected chi connectivity index (χ1v) is 11.5. The SMILES string of the molecule is Cc1cccc(OCC(=O)c2ccc3c(c2)N(Cc2ccc(C(=O)NCC(C)C)o2)C(=O)CO3)c1. The number of ether oxygens (including phenoxy) is 2. The van der Waals surface area contributed by atoms with E-state index in [9.17, 15) is 14.4 Å². The number of fused-ring (bicyclic) bond motifs is 1. The summed E-state index contributed by atoms with van der Waals surface area (Å²) < 4.78 is 16.9. The number of ketones is 1. The predicted molar refractivity (Wildman–Crippen MR) is 130 cm³/mol. The van der Waals surface area contributed by atoms with Crippen molar-refractivity contribution in [3.63, 3.8) is 0 Å². The van der Waals surface area contributed by atoms with Crippen LogP contribution in [0.1, 0.15) is 46.1 Å². The summed E-state index contributed by atoms with van der Waals surface area (Å²) in [4.78, 5) is 39.2. The molecule has 0 unspecified atom stereocenters. The number of amides is 2. The quantitative estimate of drug-likeness (QED) is 0.466. The van der Waals surface area contributed by atoms with Gasteiger partial charge in [0.25, 0.3) is 11.8 Å². The van der Waals surface area contributed by atoms with Crippen molar-refractivity contribution < 1.29 is 28.3 Å². The molecule has 2 heterocycles. The lowest BCUT2D eigenvalue weighted by molar-refractivity contribution is -0.121. The van der Waals surface area contributed by atoms with Gasteiger partial charge in [-0.05, 0) is 60.9 Å². The Hall–Kier alpha value is -4.07. The average Bonchev–Trinajstić information content (AvgIpc) is 3.31. The van der Waals surface area contributed by atoms with Gasteiger partial charge in [0, 0.05) is 12.1 Å². The Bertz CT molecular complexity index is 1250. The lowest BCUT2D eigenvalue weighted by atomic mass is 10.1. The van der Waals surface area contributed by atoms with E-state index in [1.165, 1.54) is 4.90 Å². The van der Waals surface area contributed by atoms with Gasteiger partial charge in [-0.2, -0.15) is 0 Å². The molecule has 0 radical (unpaired) electrons. The van der Waals surface area contributed by atoms with Gasteiger partial charge in [-0.1, -0.05) is 26.0 Å². The Morgan fingerprint density at radius 2 is 1.94 bits per heavy atom. The number of benzene rings is 2. The molecule has 0 saturated heterocycles. The highest BCUT2D eigenvalue weighted by molar-refractivity contribution is 6.02. The van der Waals surface area contributed by atoms with Crippen molar-refractivity contribution in [3.05, 3.63) is 77.2 Å². The van der Waals surface area contributed by atoms with Crippen molar-refractivity contribution in [2.75, 3.05) is 24.7 Å². The molecule has 1 aliphatic rings. The Morgan fingerprint density at radius 3 is 2.71 bits per heavy atom. The van der Waals surface area contributed by atoms with Crippen molar-refractivity contribution in [2.45, 2.75) is 27.3 Å². The summed E-state index contributed by atoms with van der Waals surface area (Å²) in [7, 11) is 0. The van der Waals surface area contributed by atoms with E-state index in [1.807, 2.05) is 39.0 Å². The zero-order valence-corrected chi connectivity index (χ0v) is 20.0. The first-order valence-electron chi connectivity index (χ1n) is 11.5. The maximum absolute atomic E-state index is 12.8. The van der Waals surface area contributed by atoms with Gasteiger partial charge >= 0.3 is 0 Å². The minimum atomic E-state index is -0.305. The molecule has 3 aromatic rings. The first kappa shape index (κ1) is 24.1. The minimum Gasteiger partial charge on any atom is -0.485 e. The zero-order chi connectivity index (χ0) is 24.9. The zero-order valence-electron chi connectivity index (χ0n) is 20.0. The second-order valence-electron chi connectivity index (χ2n) is 8.85. The second kappa shape index (κ2) is 10.5. The van der Waals surface area contributed by atoms with E-state index in [2.05, 4.69) is 5.32 Å². The molecular formula is C27H28N2O6. The predicted octanol–water partition coefficient (Wildman–Crippen LogP) is 4.16. The number of anilines is 1. The van der Waals surface area contributed by atoms with Gasteiger partial charge in [-0.3, -0.25) is 19.3 Å². The standard InChI is InChI=1S/C27H28N2O6/c1-17(2)13-28-27(32)25-10-8-21(35-25)14-29-22-12-19(7-9-24(22)34-16-26(29)31)23(30)15-33-20-6-4-5-18(3)11-20/h4-12,17H,13-16H2,1-3H3,(H,28,32). The van der Waals surface area contributed by atoms with Crippen molar-refractivity contribution in [1.82, 2.24) is 5.32 Å². The number of hydrogen-bond donors (Lipinski definition) is 1. The number of carbonyl (C=O) groups is 3. The highest BCUT2D eigenvalue weighted by Gasteiger charge is 2.28. The summed E-state index contributed by atoms with van der Waals surface area (Å²) in [5, 5.41) is 2.80. The molecule has 8 heteroatoms. The molecule has 0 aliphatic carbocycles. The van der Waals surface area contributed by atoms with Gasteiger partial charge in [0.05, 0.1) is 12.2 Å². The third-order valence-electron chi connectivity index (χ3n) is 5.45. The number of nitrogens with zero attached hydrogens (tertiary/aromatic N) is 1. The number of rotatable bonds is 9. The Labute approximate surface area is 203 Å². The van der Waals surface area contributed by atoms with Crippen LogP contribution in [0.4, 0.5) is 5.69 Å². The number of aryl methyl sites for hydroxylation is 1. The van der Waals surface area contributed by atoms with E-state index >= 15 is 0 Å². The summed E-state index contributed by atoms with van der Waals surface area (Å²) in [5.74, 6) is 1.23. The van der Waals surface area contributed by atoms with Crippen LogP contribution in [-0.2, 0) is 11.3 Å². The molecule has 0 bridgehead atoms. The van der Waals surface area contributed by atoms with E-state index in [0.29, 0.717) is 41.0 Å². The van der Waals surface area contributed by atoms with Gasteiger partial charge in [0.1, 0.15) is 17.3 Å². The molecule has 1 aliphatic heterocycles. The molecule has 2 aromatic carbocycles. The summed E-state index contributed by atoms with van der Waals surface area (Å²) in [6, 6.07) is 15.6. The van der Waals surface area contributed by atoms with E-state index in [0.717, 1.165) is 5.56 Å². The third-order valence-corrected chi connectivity index (χ3v) is 5.45. The topological polar surface area (TPSA) is 98.1 Å². The largest absolute Gasteiger partial charge is 0.485 e. The molecule has 8 nitrogen and oxygen atoms in total. The molecule has 0 fully saturated rings. The van der Waals surface area contributed by atoms with Crippen LogP contribution in [0.2, 0.25) is 0 Å². The van der Waals surface area contributed by atoms with E-state index < -0.39 is 0 Å². The van der Waals surface area contributed by atoms with Crippen LogP contribution < -0.4 is 19.7 Å². The fraction of sp³-hybridized carbons (Fsp3) is 0.296. The number of Topliss-reactive ketones (excluding diaryl/α,β-unsaturated/α-hetero) is 1. The van der Waals surface area contributed by atoms with Crippen LogP contribution in [0, 0.1) is 12.8 Å². The minimum absolute atomic E-state index is 0.101. The van der Waals surface area contributed by atoms with Crippen LogP contribution in [0.3, 0.4) is 0 Å². The lowest BCUT2D eigenvalue weighted by Crippen LogP contribution is -2.38. The van der Waals surface area contributed by atoms with Gasteiger partial charge in [-0.15, -0.1) is 0 Å². The van der Waals surface area contributed by atoms with Crippen LogP contribution in [0.5, 0.6) is 11.5 Å². The molecule has 1 aromatic heterocycles. The highest BCUT2D eigenvalue weighted by atomic mass is 16.5. The third kappa shape index (κ3) is 5.90. The highest BCUT2D eigenvalue weighted by Crippen LogP contribution is 2.34. The van der Waals surface area contributed by atoms with Crippen molar-refractivity contribution in [2.24, 2.45) is 5.92 Å². The summed E-state index contributed by atoms with van der Waals surface area (Å²) in [6.07, 6.45) is 0. The molecule has 1 N–H and O–H groups in total. The van der Waals surface area contributed by atoms with Crippen LogP contribution in [0.15, 0.2) is 59.0 Å². The Morgan fingerprint density at radius 1 is 1.11 bits per heavy atom. The van der Waals surface area contributed by atoms with E-state index in [1.54, 1.807) is 36.4 Å². The van der Waals surface area contributed by atoms with Crippen molar-refractivity contribution >= 4 is 23.3 Å². The van der Waals surface area contributed by atoms with Gasteiger partial charge < -0.3 is 19.2 Å². The lowest BCUT2D eigenvalue weighted by Gasteiger charge is -2.29. The fourth-order valence-electron chi connectivity index (χ4n) is 3.61. The normalized spacial score (nSPS) is 12.8. The van der Waals surface area contributed by atoms with Crippen LogP contribution >= 0.6 is 0 Å². The monoisotopic (exact) mass is 476 g/mol. The van der Waals surface area contributed by atoms with Crippen LogP contribution in [0.25, 0.3) is 0 Å². The fourth-order valence-corrected chi connectivity index (χ4v) is 3.61. The van der Waals surface area contributed by atoms with Crippen molar-refractivity contribution in [1.29, 1.82) is 0 Å². The van der Waals surface area contributed by atoms with E-state index in [4.69, 9.17) is 13.9 Å². The molecule has 0 atom stereocenters. The summed E-state index contributed by atoms with van der Waals surface area (Å²) >= 11 is 0. The number of carbonyl (C=O) groups excluding carboxylic acids is 3. The Kier molecular flexibility index (Phi) is 7.19. The Balaban J connectivity index is 1.48. The summed E-state index contributed by atoms with van der Waals surface area (Å²) in [6.45, 7) is 6.33. The van der Waals surface area contributed by atoms with Gasteiger partial charge in [0.2, 0.25) is 0 Å². The second-order valence-corrected chi connectivity index (χ2v) is 8.85. The maximum atomic E-state index is 12.8. The average molecular weight is 477 g/mol. The maximum Gasteiger partial charge on any atom is 0.287 e. The molecule has 0 spiro atoms. The molecule has 182 valence electrons. The van der Waals surface area contributed by atoms with E-state index in [-0.39, 0.29) is 43.1 Å². The molecule has 0 saturated carbocycles. The summed E-state index contributed by atoms with van der Waals surface area (Å²) in [5.41, 5.74) is 1.89. The molecule has 35 heavy (non-hydrogen) atoms. The number of hydrogen-bond acceptors (Lipinski definition) is 6. The number of nitrogens with one attached hydrogen (secondary N) is 1. The molecule has 2 amide bonds. The van der Waals surface area contributed by atoms with Gasteiger partial charge in [-0.25, -0.2) is 0 Å². The van der Waals surface area contributed by atoms with Crippen molar-refractivity contribution in [3.8, 4) is 11.5 Å². The number of furan rings is 1. The smallest absolute Gasteiger partial charge is 0.287 e. The molecule has 4 rings (SSSR count). The van der Waals surface area contributed by atoms with Crippen LogP contribution in [-0.4, -0.2) is 37.4 Å². The van der Waals surface area contributed by atoms with Gasteiger partial charge in [0.15, 0.2) is 24.8 Å².